The third-order valence-corrected chi connectivity index (χ3v) is 4.01. The second kappa shape index (κ2) is 7.31. The number of esters is 1. The number of likely N-dealkylation sites (tertiary alicyclic amines) is 1. The van der Waals surface area contributed by atoms with Crippen LogP contribution in [0.3, 0.4) is 0 Å². The summed E-state index contributed by atoms with van der Waals surface area (Å²) in [6, 6.07) is 5.52. The molecule has 1 aliphatic rings. The van der Waals surface area contributed by atoms with Gasteiger partial charge in [-0.25, -0.2) is 0 Å². The number of phenolic OH excluding ortho intramolecular Hbond substituents is 1. The van der Waals surface area contributed by atoms with Crippen LogP contribution in [0.15, 0.2) is 18.2 Å². The number of rotatable bonds is 5. The molecule has 0 aliphatic carbocycles. The molecule has 1 saturated heterocycles. The highest BCUT2D eigenvalue weighted by Crippen LogP contribution is 2.25. The van der Waals surface area contributed by atoms with E-state index in [1.165, 1.54) is 4.90 Å². The van der Waals surface area contributed by atoms with Gasteiger partial charge in [-0.3, -0.25) is 4.79 Å². The Bertz CT molecular complexity index is 481. The summed E-state index contributed by atoms with van der Waals surface area (Å²) in [6.07, 6.45) is 1.74. The van der Waals surface area contributed by atoms with Crippen molar-refractivity contribution in [2.24, 2.45) is 5.92 Å². The number of aromatic hydroxyl groups is 1. The molecule has 1 heterocycles. The van der Waals surface area contributed by atoms with Crippen LogP contribution in [0.1, 0.15) is 25.3 Å². The average Bonchev–Trinajstić information content (AvgIpc) is 2.48. The Morgan fingerprint density at radius 3 is 2.67 bits per heavy atom. The van der Waals surface area contributed by atoms with Crippen molar-refractivity contribution in [3.8, 4) is 11.5 Å². The molecule has 2 N–H and O–H groups in total. The maximum atomic E-state index is 11.7. The summed E-state index contributed by atoms with van der Waals surface area (Å²) in [5.41, 5.74) is 1.08. The Morgan fingerprint density at radius 2 is 2.10 bits per heavy atom. The van der Waals surface area contributed by atoms with Crippen molar-refractivity contribution in [3.63, 3.8) is 0 Å². The van der Waals surface area contributed by atoms with Gasteiger partial charge >= 0.3 is 5.97 Å². The zero-order chi connectivity index (χ0) is 15.2. The smallest absolute Gasteiger partial charge is 0.309 e. The van der Waals surface area contributed by atoms with E-state index in [-0.39, 0.29) is 17.6 Å². The lowest BCUT2D eigenvalue weighted by Gasteiger charge is -2.28. The Hall–Kier alpha value is -1.75. The standard InChI is InChI=1S/C16H23NO4/c1-3-21-16(19)13-6-8-17(9-7-13)11-12-4-5-15(20-2)14(18)10-12/h4-5,10,13,18H,3,6-9,11H2,1-2H3/p+1. The second-order valence-electron chi connectivity index (χ2n) is 5.46. The minimum atomic E-state index is -0.0568. The largest absolute Gasteiger partial charge is 0.504 e. The molecule has 1 aromatic rings. The lowest BCUT2D eigenvalue weighted by molar-refractivity contribution is -0.919. The number of nitrogens with one attached hydrogen (secondary N) is 1. The summed E-state index contributed by atoms with van der Waals surface area (Å²) < 4.78 is 10.1. The summed E-state index contributed by atoms with van der Waals surface area (Å²) in [5.74, 6) is 0.669. The molecule has 0 spiro atoms. The predicted octanol–water partition coefficient (Wildman–Crippen LogP) is 0.759. The van der Waals surface area contributed by atoms with Gasteiger partial charge in [0, 0.05) is 18.4 Å². The number of carbonyl (C=O) groups is 1. The number of methoxy groups -OCH3 is 1. The van der Waals surface area contributed by atoms with Gasteiger partial charge in [0.25, 0.3) is 0 Å². The van der Waals surface area contributed by atoms with Gasteiger partial charge in [0.15, 0.2) is 11.5 Å². The van der Waals surface area contributed by atoms with Crippen molar-refractivity contribution in [2.45, 2.75) is 26.3 Å². The number of hydrogen-bond donors (Lipinski definition) is 2. The highest BCUT2D eigenvalue weighted by atomic mass is 16.5. The number of piperidine rings is 1. The number of ether oxygens (including phenoxy) is 2. The van der Waals surface area contributed by atoms with Gasteiger partial charge in [-0.2, -0.15) is 0 Å². The van der Waals surface area contributed by atoms with Crippen LogP contribution in [0.4, 0.5) is 0 Å². The van der Waals surface area contributed by atoms with Crippen molar-refractivity contribution in [1.82, 2.24) is 0 Å². The van der Waals surface area contributed by atoms with Crippen molar-refractivity contribution in [1.29, 1.82) is 0 Å². The fourth-order valence-electron chi connectivity index (χ4n) is 2.83. The van der Waals surface area contributed by atoms with Crippen molar-refractivity contribution in [3.05, 3.63) is 23.8 Å². The number of phenols is 1. The zero-order valence-corrected chi connectivity index (χ0v) is 12.7. The molecule has 1 aromatic carbocycles. The van der Waals surface area contributed by atoms with Crippen molar-refractivity contribution >= 4 is 5.97 Å². The zero-order valence-electron chi connectivity index (χ0n) is 12.7. The van der Waals surface area contributed by atoms with Crippen LogP contribution in [-0.2, 0) is 16.1 Å². The molecule has 21 heavy (non-hydrogen) atoms. The summed E-state index contributed by atoms with van der Waals surface area (Å²) in [7, 11) is 1.54. The molecular formula is C16H24NO4+. The van der Waals surface area contributed by atoms with Crippen molar-refractivity contribution in [2.75, 3.05) is 26.8 Å². The minimum Gasteiger partial charge on any atom is -0.504 e. The van der Waals surface area contributed by atoms with E-state index >= 15 is 0 Å². The predicted molar refractivity (Wildman–Crippen MR) is 78.4 cm³/mol. The van der Waals surface area contributed by atoms with E-state index in [2.05, 4.69) is 0 Å². The SMILES string of the molecule is CCOC(=O)C1CC[NH+](Cc2ccc(OC)c(O)c2)CC1. The Balaban J connectivity index is 1.86. The topological polar surface area (TPSA) is 60.2 Å². The lowest BCUT2D eigenvalue weighted by atomic mass is 9.96. The highest BCUT2D eigenvalue weighted by Gasteiger charge is 2.28. The lowest BCUT2D eigenvalue weighted by Crippen LogP contribution is -3.11. The molecule has 5 heteroatoms. The minimum absolute atomic E-state index is 0.0537. The molecular weight excluding hydrogens is 270 g/mol. The van der Waals surface area contributed by atoms with E-state index in [4.69, 9.17) is 9.47 Å². The summed E-state index contributed by atoms with van der Waals surface area (Å²) in [6.45, 7) is 5.06. The van der Waals surface area contributed by atoms with Gasteiger partial charge in [-0.05, 0) is 25.1 Å². The van der Waals surface area contributed by atoms with Crippen LogP contribution < -0.4 is 9.64 Å². The second-order valence-corrected chi connectivity index (χ2v) is 5.46. The Labute approximate surface area is 125 Å². The number of carbonyl (C=O) groups excluding carboxylic acids is 1. The summed E-state index contributed by atoms with van der Waals surface area (Å²) in [4.78, 5) is 13.1. The van der Waals surface area contributed by atoms with E-state index in [1.807, 2.05) is 13.0 Å². The number of benzene rings is 1. The van der Waals surface area contributed by atoms with Crippen LogP contribution in [-0.4, -0.2) is 37.9 Å². The molecule has 0 saturated carbocycles. The molecule has 0 amide bonds. The van der Waals surface area contributed by atoms with Crippen LogP contribution in [0.2, 0.25) is 0 Å². The normalized spacial score (nSPS) is 21.8. The van der Waals surface area contributed by atoms with E-state index in [1.54, 1.807) is 19.2 Å². The van der Waals surface area contributed by atoms with Gasteiger partial charge in [0.05, 0.1) is 32.7 Å². The van der Waals surface area contributed by atoms with Gasteiger partial charge in [0.1, 0.15) is 6.54 Å². The molecule has 0 bridgehead atoms. The molecule has 0 radical (unpaired) electrons. The van der Waals surface area contributed by atoms with Gasteiger partial charge in [-0.15, -0.1) is 0 Å². The van der Waals surface area contributed by atoms with Crippen LogP contribution >= 0.6 is 0 Å². The van der Waals surface area contributed by atoms with Crippen molar-refractivity contribution < 1.29 is 24.3 Å². The molecule has 5 nitrogen and oxygen atoms in total. The van der Waals surface area contributed by atoms with E-state index in [9.17, 15) is 9.90 Å². The molecule has 0 unspecified atom stereocenters. The maximum Gasteiger partial charge on any atom is 0.309 e. The fraction of sp³-hybridized carbons (Fsp3) is 0.562. The monoisotopic (exact) mass is 294 g/mol. The molecule has 1 aliphatic heterocycles. The first-order valence-electron chi connectivity index (χ1n) is 7.50. The molecule has 1 fully saturated rings. The van der Waals surface area contributed by atoms with Gasteiger partial charge < -0.3 is 19.5 Å². The number of quaternary nitrogens is 1. The first-order chi connectivity index (χ1) is 10.1. The number of hydrogen-bond acceptors (Lipinski definition) is 4. The quantitative estimate of drug-likeness (QED) is 0.787. The third kappa shape index (κ3) is 4.11. The van der Waals surface area contributed by atoms with Crippen LogP contribution in [0.5, 0.6) is 11.5 Å². The first kappa shape index (κ1) is 15.6. The highest BCUT2D eigenvalue weighted by molar-refractivity contribution is 5.72. The van der Waals surface area contributed by atoms with Crippen LogP contribution in [0.25, 0.3) is 0 Å². The molecule has 0 atom stereocenters. The summed E-state index contributed by atoms with van der Waals surface area (Å²) in [5, 5.41) is 9.80. The van der Waals surface area contributed by atoms with Gasteiger partial charge in [-0.1, -0.05) is 0 Å². The van der Waals surface area contributed by atoms with E-state index in [0.717, 1.165) is 38.0 Å². The van der Waals surface area contributed by atoms with Gasteiger partial charge in [0.2, 0.25) is 0 Å². The first-order valence-corrected chi connectivity index (χ1v) is 7.50. The van der Waals surface area contributed by atoms with E-state index in [0.29, 0.717) is 12.4 Å². The Morgan fingerprint density at radius 1 is 1.38 bits per heavy atom. The fourth-order valence-corrected chi connectivity index (χ4v) is 2.83. The molecule has 2 rings (SSSR count). The summed E-state index contributed by atoms with van der Waals surface area (Å²) >= 11 is 0. The third-order valence-electron chi connectivity index (χ3n) is 4.01. The molecule has 0 aromatic heterocycles. The maximum absolute atomic E-state index is 11.7. The average molecular weight is 294 g/mol. The van der Waals surface area contributed by atoms with Crippen LogP contribution in [0, 0.1) is 5.92 Å². The Kier molecular flexibility index (Phi) is 5.44. The van der Waals surface area contributed by atoms with E-state index < -0.39 is 0 Å². The molecule has 116 valence electrons.